The van der Waals surface area contributed by atoms with Crippen LogP contribution in [0.2, 0.25) is 0 Å². The Morgan fingerprint density at radius 1 is 1.38 bits per heavy atom. The van der Waals surface area contributed by atoms with Gasteiger partial charge in [0, 0.05) is 6.61 Å². The molecule has 0 saturated carbocycles. The van der Waals surface area contributed by atoms with Crippen LogP contribution in [0.15, 0.2) is 0 Å². The van der Waals surface area contributed by atoms with Gasteiger partial charge in [0.1, 0.15) is 0 Å². The van der Waals surface area contributed by atoms with E-state index in [1.165, 1.54) is 0 Å². The first-order valence-corrected chi connectivity index (χ1v) is 5.28. The molecule has 1 aliphatic heterocycles. The molecule has 1 fully saturated rings. The van der Waals surface area contributed by atoms with Gasteiger partial charge < -0.3 is 15.2 Å². The monoisotopic (exact) mass is 187 g/mol. The highest BCUT2D eigenvalue weighted by Crippen LogP contribution is 2.18. The fourth-order valence-electron chi connectivity index (χ4n) is 1.55. The summed E-state index contributed by atoms with van der Waals surface area (Å²) in [5.41, 5.74) is -0.557. The zero-order valence-corrected chi connectivity index (χ0v) is 8.51. The Bertz CT molecular complexity index is 133. The molecule has 0 aromatic rings. The molecular formula is C10H21NO2. The van der Waals surface area contributed by atoms with Gasteiger partial charge in [-0.2, -0.15) is 0 Å². The lowest BCUT2D eigenvalue weighted by Gasteiger charge is -2.32. The lowest BCUT2D eigenvalue weighted by atomic mass is 9.94. The molecule has 1 rings (SSSR count). The summed E-state index contributed by atoms with van der Waals surface area (Å²) in [6.45, 7) is 5.25. The van der Waals surface area contributed by atoms with Crippen molar-refractivity contribution in [2.45, 2.75) is 38.2 Å². The first-order chi connectivity index (χ1) is 6.27. The maximum Gasteiger partial charge on any atom is 0.0904 e. The highest BCUT2D eigenvalue weighted by Gasteiger charge is 2.28. The molecule has 3 nitrogen and oxygen atoms in total. The van der Waals surface area contributed by atoms with Gasteiger partial charge in [-0.3, -0.25) is 0 Å². The highest BCUT2D eigenvalue weighted by molar-refractivity contribution is 4.83. The third kappa shape index (κ3) is 4.07. The van der Waals surface area contributed by atoms with Gasteiger partial charge in [-0.15, -0.1) is 0 Å². The van der Waals surface area contributed by atoms with E-state index in [0.717, 1.165) is 45.4 Å². The van der Waals surface area contributed by atoms with E-state index >= 15 is 0 Å². The molecule has 0 unspecified atom stereocenters. The minimum absolute atomic E-state index is 0.509. The van der Waals surface area contributed by atoms with E-state index in [4.69, 9.17) is 4.74 Å². The van der Waals surface area contributed by atoms with Gasteiger partial charge in [0.15, 0.2) is 0 Å². The standard InChI is InChI=1S/C10H21NO2/c1-2-3-8-13-9-10(12)4-6-11-7-5-10/h11-12H,2-9H2,1H3. The minimum Gasteiger partial charge on any atom is -0.387 e. The predicted molar refractivity (Wildman–Crippen MR) is 52.8 cm³/mol. The summed E-state index contributed by atoms with van der Waals surface area (Å²) in [5.74, 6) is 0. The maximum absolute atomic E-state index is 10.0. The molecule has 78 valence electrons. The SMILES string of the molecule is CCCCOCC1(O)CCNCC1. The van der Waals surface area contributed by atoms with Crippen molar-refractivity contribution in [3.05, 3.63) is 0 Å². The number of unbranched alkanes of at least 4 members (excludes halogenated alkanes) is 1. The molecule has 0 bridgehead atoms. The summed E-state index contributed by atoms with van der Waals surface area (Å²) in [5, 5.41) is 13.2. The Balaban J connectivity index is 2.10. The molecule has 0 radical (unpaired) electrons. The fourth-order valence-corrected chi connectivity index (χ4v) is 1.55. The largest absolute Gasteiger partial charge is 0.387 e. The molecule has 3 heteroatoms. The smallest absolute Gasteiger partial charge is 0.0904 e. The second kappa shape index (κ2) is 5.58. The van der Waals surface area contributed by atoms with Gasteiger partial charge >= 0.3 is 0 Å². The number of rotatable bonds is 5. The molecule has 2 N–H and O–H groups in total. The lowest BCUT2D eigenvalue weighted by Crippen LogP contribution is -2.45. The lowest BCUT2D eigenvalue weighted by molar-refractivity contribution is -0.0644. The van der Waals surface area contributed by atoms with Gasteiger partial charge in [0.25, 0.3) is 0 Å². The van der Waals surface area contributed by atoms with Crippen LogP contribution in [-0.2, 0) is 4.74 Å². The number of aliphatic hydroxyl groups is 1. The quantitative estimate of drug-likeness (QED) is 0.629. The predicted octanol–water partition coefficient (Wildman–Crippen LogP) is 0.918. The number of hydrogen-bond acceptors (Lipinski definition) is 3. The fraction of sp³-hybridized carbons (Fsp3) is 1.00. The number of piperidine rings is 1. The molecule has 1 saturated heterocycles. The summed E-state index contributed by atoms with van der Waals surface area (Å²) < 4.78 is 5.44. The summed E-state index contributed by atoms with van der Waals surface area (Å²) in [6, 6.07) is 0. The topological polar surface area (TPSA) is 41.5 Å². The molecule has 0 spiro atoms. The van der Waals surface area contributed by atoms with Crippen molar-refractivity contribution in [3.8, 4) is 0 Å². The van der Waals surface area contributed by atoms with Crippen LogP contribution in [-0.4, -0.2) is 37.0 Å². The van der Waals surface area contributed by atoms with Crippen molar-refractivity contribution in [2.24, 2.45) is 0 Å². The van der Waals surface area contributed by atoms with Gasteiger partial charge in [0.05, 0.1) is 12.2 Å². The van der Waals surface area contributed by atoms with E-state index in [-0.39, 0.29) is 0 Å². The van der Waals surface area contributed by atoms with Crippen LogP contribution in [0.3, 0.4) is 0 Å². The Morgan fingerprint density at radius 3 is 2.69 bits per heavy atom. The van der Waals surface area contributed by atoms with Crippen molar-refractivity contribution in [2.75, 3.05) is 26.3 Å². The average Bonchev–Trinajstić information content (AvgIpc) is 2.14. The summed E-state index contributed by atoms with van der Waals surface area (Å²) in [7, 11) is 0. The Kier molecular flexibility index (Phi) is 4.70. The first-order valence-electron chi connectivity index (χ1n) is 5.28. The first kappa shape index (κ1) is 11.0. The second-order valence-corrected chi connectivity index (χ2v) is 3.88. The van der Waals surface area contributed by atoms with E-state index in [0.29, 0.717) is 6.61 Å². The van der Waals surface area contributed by atoms with E-state index in [1.54, 1.807) is 0 Å². The van der Waals surface area contributed by atoms with Crippen molar-refractivity contribution in [3.63, 3.8) is 0 Å². The van der Waals surface area contributed by atoms with Crippen LogP contribution in [0.5, 0.6) is 0 Å². The average molecular weight is 187 g/mol. The van der Waals surface area contributed by atoms with Crippen LogP contribution in [0, 0.1) is 0 Å². The normalized spacial score (nSPS) is 21.7. The third-order valence-corrected chi connectivity index (χ3v) is 2.55. The van der Waals surface area contributed by atoms with E-state index in [2.05, 4.69) is 12.2 Å². The van der Waals surface area contributed by atoms with Crippen molar-refractivity contribution in [1.82, 2.24) is 5.32 Å². The number of ether oxygens (including phenoxy) is 1. The number of hydrogen-bond donors (Lipinski definition) is 2. The van der Waals surface area contributed by atoms with Crippen molar-refractivity contribution >= 4 is 0 Å². The molecule has 1 aliphatic rings. The summed E-state index contributed by atoms with van der Waals surface area (Å²) in [6.07, 6.45) is 3.88. The van der Waals surface area contributed by atoms with Gasteiger partial charge in [0.2, 0.25) is 0 Å². The molecule has 13 heavy (non-hydrogen) atoms. The molecule has 0 aromatic heterocycles. The molecule has 0 atom stereocenters. The van der Waals surface area contributed by atoms with Crippen LogP contribution in [0.25, 0.3) is 0 Å². The van der Waals surface area contributed by atoms with E-state index in [9.17, 15) is 5.11 Å². The van der Waals surface area contributed by atoms with E-state index in [1.807, 2.05) is 0 Å². The van der Waals surface area contributed by atoms with Gasteiger partial charge in [-0.1, -0.05) is 13.3 Å². The van der Waals surface area contributed by atoms with Crippen LogP contribution in [0.4, 0.5) is 0 Å². The van der Waals surface area contributed by atoms with Crippen LogP contribution >= 0.6 is 0 Å². The molecular weight excluding hydrogens is 166 g/mol. The van der Waals surface area contributed by atoms with Crippen molar-refractivity contribution in [1.29, 1.82) is 0 Å². The third-order valence-electron chi connectivity index (χ3n) is 2.55. The highest BCUT2D eigenvalue weighted by atomic mass is 16.5. The Labute approximate surface area is 80.5 Å². The zero-order chi connectivity index (χ0) is 9.57. The molecule has 1 heterocycles. The molecule has 0 aromatic carbocycles. The summed E-state index contributed by atoms with van der Waals surface area (Å²) in [4.78, 5) is 0. The second-order valence-electron chi connectivity index (χ2n) is 3.88. The van der Waals surface area contributed by atoms with Crippen molar-refractivity contribution < 1.29 is 9.84 Å². The van der Waals surface area contributed by atoms with Crippen LogP contribution in [0.1, 0.15) is 32.6 Å². The zero-order valence-electron chi connectivity index (χ0n) is 8.51. The van der Waals surface area contributed by atoms with Crippen LogP contribution < -0.4 is 5.32 Å². The van der Waals surface area contributed by atoms with E-state index < -0.39 is 5.60 Å². The Hall–Kier alpha value is -0.120. The van der Waals surface area contributed by atoms with Gasteiger partial charge in [-0.05, 0) is 32.4 Å². The summed E-state index contributed by atoms with van der Waals surface area (Å²) >= 11 is 0. The van der Waals surface area contributed by atoms with Gasteiger partial charge in [-0.25, -0.2) is 0 Å². The molecule has 0 amide bonds. The minimum atomic E-state index is -0.557. The number of nitrogens with one attached hydrogen (secondary N) is 1. The molecule has 0 aliphatic carbocycles. The maximum atomic E-state index is 10.0. The Morgan fingerprint density at radius 2 is 2.08 bits per heavy atom.